The van der Waals surface area contributed by atoms with Crippen molar-refractivity contribution in [2.45, 2.75) is 26.2 Å². The van der Waals surface area contributed by atoms with Crippen LogP contribution < -0.4 is 0 Å². The van der Waals surface area contributed by atoms with Crippen LogP contribution in [0.4, 0.5) is 0 Å². The predicted octanol–water partition coefficient (Wildman–Crippen LogP) is 2.96. The van der Waals surface area contributed by atoms with Crippen molar-refractivity contribution >= 4 is 5.57 Å². The summed E-state index contributed by atoms with van der Waals surface area (Å²) in [7, 11) is 0. The van der Waals surface area contributed by atoms with Crippen LogP contribution >= 0.6 is 0 Å². The van der Waals surface area contributed by atoms with Crippen molar-refractivity contribution in [3.63, 3.8) is 0 Å². The molecular weight excluding hydrogens is 146 g/mol. The van der Waals surface area contributed by atoms with Crippen molar-refractivity contribution in [3.05, 3.63) is 35.7 Å². The number of nitrogens with zero attached hydrogens (tertiary/aromatic N) is 1. The van der Waals surface area contributed by atoms with E-state index in [1.165, 1.54) is 36.0 Å². The van der Waals surface area contributed by atoms with Crippen LogP contribution in [0.5, 0.6) is 0 Å². The van der Waals surface area contributed by atoms with E-state index in [0.717, 1.165) is 0 Å². The highest BCUT2D eigenvalue weighted by Gasteiger charge is 2.06. The Morgan fingerprint density at radius 1 is 1.33 bits per heavy atom. The Morgan fingerprint density at radius 2 is 2.25 bits per heavy atom. The standard InChI is InChI=1S/C11H13N/c1-9-6-11(8-12-7-9)10-4-2-3-5-10/h4,6-8H,2-3,5H2,1H3. The summed E-state index contributed by atoms with van der Waals surface area (Å²) in [6.45, 7) is 2.09. The van der Waals surface area contributed by atoms with Gasteiger partial charge in [-0.25, -0.2) is 0 Å². The zero-order chi connectivity index (χ0) is 8.39. The van der Waals surface area contributed by atoms with Crippen molar-refractivity contribution in [1.29, 1.82) is 0 Å². The van der Waals surface area contributed by atoms with Crippen LogP contribution in [0.2, 0.25) is 0 Å². The number of aryl methyl sites for hydroxylation is 1. The first-order valence-corrected chi connectivity index (χ1v) is 4.47. The molecule has 62 valence electrons. The van der Waals surface area contributed by atoms with Crippen molar-refractivity contribution in [3.8, 4) is 0 Å². The molecule has 1 heterocycles. The number of hydrogen-bond acceptors (Lipinski definition) is 1. The lowest BCUT2D eigenvalue weighted by Gasteiger charge is -2.01. The molecule has 1 aliphatic rings. The molecule has 0 atom stereocenters. The van der Waals surface area contributed by atoms with E-state index >= 15 is 0 Å². The maximum Gasteiger partial charge on any atom is 0.0343 e. The Bertz CT molecular complexity index is 313. The summed E-state index contributed by atoms with van der Waals surface area (Å²) < 4.78 is 0. The molecule has 12 heavy (non-hydrogen) atoms. The minimum atomic E-state index is 1.23. The number of rotatable bonds is 1. The van der Waals surface area contributed by atoms with Gasteiger partial charge in [0.15, 0.2) is 0 Å². The van der Waals surface area contributed by atoms with Crippen molar-refractivity contribution in [2.24, 2.45) is 0 Å². The third kappa shape index (κ3) is 1.40. The Labute approximate surface area is 73.1 Å². The molecule has 0 N–H and O–H groups in total. The van der Waals surface area contributed by atoms with E-state index in [1.807, 2.05) is 12.4 Å². The minimum absolute atomic E-state index is 1.23. The Morgan fingerprint density at radius 3 is 2.92 bits per heavy atom. The zero-order valence-electron chi connectivity index (χ0n) is 7.38. The molecule has 0 saturated heterocycles. The van der Waals surface area contributed by atoms with Crippen molar-refractivity contribution < 1.29 is 0 Å². The number of pyridine rings is 1. The summed E-state index contributed by atoms with van der Waals surface area (Å²) in [4.78, 5) is 4.19. The second kappa shape index (κ2) is 3.10. The van der Waals surface area contributed by atoms with Gasteiger partial charge in [-0.15, -0.1) is 0 Å². The second-order valence-electron chi connectivity index (χ2n) is 3.37. The Hall–Kier alpha value is -1.11. The molecule has 1 aromatic heterocycles. The molecule has 2 rings (SSSR count). The molecular formula is C11H13N. The average Bonchev–Trinajstić information content (AvgIpc) is 2.56. The quantitative estimate of drug-likeness (QED) is 0.614. The van der Waals surface area contributed by atoms with Gasteiger partial charge in [0.05, 0.1) is 0 Å². The van der Waals surface area contributed by atoms with E-state index in [4.69, 9.17) is 0 Å². The van der Waals surface area contributed by atoms with E-state index < -0.39 is 0 Å². The maximum atomic E-state index is 4.19. The molecule has 0 saturated carbocycles. The highest BCUT2D eigenvalue weighted by Crippen LogP contribution is 2.27. The summed E-state index contributed by atoms with van der Waals surface area (Å²) in [6.07, 6.45) is 9.97. The number of aromatic nitrogens is 1. The van der Waals surface area contributed by atoms with E-state index in [-0.39, 0.29) is 0 Å². The van der Waals surface area contributed by atoms with E-state index in [0.29, 0.717) is 0 Å². The molecule has 0 amide bonds. The van der Waals surface area contributed by atoms with Gasteiger partial charge in [0.25, 0.3) is 0 Å². The third-order valence-corrected chi connectivity index (χ3v) is 2.29. The van der Waals surface area contributed by atoms with Crippen LogP contribution in [0, 0.1) is 6.92 Å². The van der Waals surface area contributed by atoms with Crippen LogP contribution in [-0.4, -0.2) is 4.98 Å². The van der Waals surface area contributed by atoms with E-state index in [1.54, 1.807) is 0 Å². The van der Waals surface area contributed by atoms with Crippen LogP contribution in [0.3, 0.4) is 0 Å². The van der Waals surface area contributed by atoms with Crippen LogP contribution in [0.15, 0.2) is 24.5 Å². The highest BCUT2D eigenvalue weighted by atomic mass is 14.6. The highest BCUT2D eigenvalue weighted by molar-refractivity contribution is 5.66. The maximum absolute atomic E-state index is 4.19. The molecule has 0 aromatic carbocycles. The first-order chi connectivity index (χ1) is 5.86. The zero-order valence-corrected chi connectivity index (χ0v) is 7.38. The molecule has 0 aliphatic heterocycles. The predicted molar refractivity (Wildman–Crippen MR) is 50.8 cm³/mol. The van der Waals surface area contributed by atoms with Gasteiger partial charge in [0.2, 0.25) is 0 Å². The van der Waals surface area contributed by atoms with Gasteiger partial charge >= 0.3 is 0 Å². The van der Waals surface area contributed by atoms with Gasteiger partial charge in [-0.05, 0) is 49.0 Å². The first-order valence-electron chi connectivity index (χ1n) is 4.47. The van der Waals surface area contributed by atoms with Gasteiger partial charge < -0.3 is 0 Å². The topological polar surface area (TPSA) is 12.9 Å². The fourth-order valence-electron chi connectivity index (χ4n) is 1.66. The Kier molecular flexibility index (Phi) is 1.94. The molecule has 0 unspecified atom stereocenters. The average molecular weight is 159 g/mol. The molecule has 0 spiro atoms. The second-order valence-corrected chi connectivity index (χ2v) is 3.37. The minimum Gasteiger partial charge on any atom is -0.264 e. The summed E-state index contributed by atoms with van der Waals surface area (Å²) in [6, 6.07) is 2.21. The summed E-state index contributed by atoms with van der Waals surface area (Å²) >= 11 is 0. The summed E-state index contributed by atoms with van der Waals surface area (Å²) in [5, 5.41) is 0. The first kappa shape index (κ1) is 7.53. The van der Waals surface area contributed by atoms with Gasteiger partial charge in [-0.2, -0.15) is 0 Å². The normalized spacial score (nSPS) is 16.2. The summed E-state index contributed by atoms with van der Waals surface area (Å²) in [5.41, 5.74) is 4.04. The van der Waals surface area contributed by atoms with Crippen LogP contribution in [0.1, 0.15) is 30.4 Å². The molecule has 0 radical (unpaired) electrons. The smallest absolute Gasteiger partial charge is 0.0343 e. The van der Waals surface area contributed by atoms with Crippen LogP contribution in [0.25, 0.3) is 5.57 Å². The number of allylic oxidation sites excluding steroid dienone is 2. The fraction of sp³-hybridized carbons (Fsp3) is 0.364. The van der Waals surface area contributed by atoms with Gasteiger partial charge in [-0.1, -0.05) is 6.08 Å². The number of hydrogen-bond donors (Lipinski definition) is 0. The molecule has 1 nitrogen and oxygen atoms in total. The fourth-order valence-corrected chi connectivity index (χ4v) is 1.66. The van der Waals surface area contributed by atoms with Crippen molar-refractivity contribution in [1.82, 2.24) is 4.98 Å². The molecule has 1 aromatic rings. The lowest BCUT2D eigenvalue weighted by molar-refractivity contribution is 0.934. The van der Waals surface area contributed by atoms with Gasteiger partial charge in [-0.3, -0.25) is 4.98 Å². The molecule has 0 fully saturated rings. The molecule has 1 aliphatic carbocycles. The van der Waals surface area contributed by atoms with Gasteiger partial charge in [0.1, 0.15) is 0 Å². The SMILES string of the molecule is Cc1cncc(C2=CCCC2)c1. The lowest BCUT2D eigenvalue weighted by Crippen LogP contribution is -1.84. The third-order valence-electron chi connectivity index (χ3n) is 2.29. The molecule has 1 heteroatoms. The monoisotopic (exact) mass is 159 g/mol. The van der Waals surface area contributed by atoms with E-state index in [9.17, 15) is 0 Å². The van der Waals surface area contributed by atoms with Crippen molar-refractivity contribution in [2.75, 3.05) is 0 Å². The Balaban J connectivity index is 2.33. The largest absolute Gasteiger partial charge is 0.264 e. The van der Waals surface area contributed by atoms with Crippen LogP contribution in [-0.2, 0) is 0 Å². The van der Waals surface area contributed by atoms with Gasteiger partial charge in [0, 0.05) is 12.4 Å². The summed E-state index contributed by atoms with van der Waals surface area (Å²) in [5.74, 6) is 0. The lowest BCUT2D eigenvalue weighted by atomic mass is 10.1. The molecule has 0 bridgehead atoms. The van der Waals surface area contributed by atoms with E-state index in [2.05, 4.69) is 24.1 Å².